The van der Waals surface area contributed by atoms with Crippen LogP contribution in [0.3, 0.4) is 0 Å². The molecule has 7 heteroatoms. The van der Waals surface area contributed by atoms with E-state index in [1.807, 2.05) is 11.6 Å². The number of fused-ring (bicyclic) bond motifs is 5. The number of carbonyl (C=O) groups excluding carboxylic acids is 1. The molecule has 0 aliphatic carbocycles. The summed E-state index contributed by atoms with van der Waals surface area (Å²) in [5.74, 6) is 0. The van der Waals surface area contributed by atoms with Gasteiger partial charge in [0.05, 0.1) is 17.9 Å². The second kappa shape index (κ2) is 4.12. The third-order valence-electron chi connectivity index (χ3n) is 4.24. The van der Waals surface area contributed by atoms with Crippen LogP contribution in [-0.2, 0) is 25.9 Å². The number of thiol groups is 1. The van der Waals surface area contributed by atoms with Crippen molar-refractivity contribution in [2.24, 2.45) is 0 Å². The number of nitrogens with zero attached hydrogens (tertiary/aromatic N) is 4. The van der Waals surface area contributed by atoms with Crippen molar-refractivity contribution in [2.75, 3.05) is 6.54 Å². The molecule has 0 aromatic carbocycles. The molecule has 0 unspecified atom stereocenters. The van der Waals surface area contributed by atoms with E-state index >= 15 is 0 Å². The topological polar surface area (TPSA) is 66.8 Å². The van der Waals surface area contributed by atoms with Crippen molar-refractivity contribution in [3.63, 3.8) is 0 Å². The van der Waals surface area contributed by atoms with Gasteiger partial charge >= 0.3 is 0 Å². The zero-order valence-electron chi connectivity index (χ0n) is 11.2. The van der Waals surface area contributed by atoms with Crippen molar-refractivity contribution in [3.8, 4) is 11.4 Å². The first-order chi connectivity index (χ1) is 9.65. The number of aryl methyl sites for hydroxylation is 2. The van der Waals surface area contributed by atoms with Gasteiger partial charge in [-0.1, -0.05) is 12.6 Å². The van der Waals surface area contributed by atoms with Crippen LogP contribution in [0.5, 0.6) is 0 Å². The Morgan fingerprint density at radius 1 is 1.30 bits per heavy atom. The van der Waals surface area contributed by atoms with Gasteiger partial charge in [-0.25, -0.2) is 0 Å². The molecule has 1 amide bonds. The van der Waals surface area contributed by atoms with Gasteiger partial charge in [0, 0.05) is 36.3 Å². The number of amides is 1. The predicted molar refractivity (Wildman–Crippen MR) is 76.7 cm³/mol. The molecule has 104 valence electrons. The summed E-state index contributed by atoms with van der Waals surface area (Å²) in [4.78, 5) is 13.2. The van der Waals surface area contributed by atoms with Gasteiger partial charge in [-0.15, -0.1) is 0 Å². The molecule has 0 fully saturated rings. The highest BCUT2D eigenvalue weighted by atomic mass is 32.1. The standard InChI is InChI=1S/C13H15N5OS/c1-7-8-2-5-18-12(11(8)15-14-7)9-6-17(13(19)20)4-3-10(9)16-18/h2-6H2,1H3,(H,14,15)(H,19,20). The molecule has 4 heterocycles. The summed E-state index contributed by atoms with van der Waals surface area (Å²) in [7, 11) is 0. The molecule has 2 aromatic rings. The third kappa shape index (κ3) is 1.56. The fraction of sp³-hybridized carbons (Fsp3) is 0.462. The Kier molecular flexibility index (Phi) is 2.47. The van der Waals surface area contributed by atoms with Gasteiger partial charge in [0.1, 0.15) is 5.69 Å². The van der Waals surface area contributed by atoms with E-state index < -0.39 is 0 Å². The number of carbonyl (C=O) groups is 1. The summed E-state index contributed by atoms with van der Waals surface area (Å²) < 4.78 is 2.04. The first-order valence-electron chi connectivity index (χ1n) is 6.76. The highest BCUT2D eigenvalue weighted by Crippen LogP contribution is 2.35. The van der Waals surface area contributed by atoms with Crippen LogP contribution in [0, 0.1) is 6.92 Å². The Bertz CT molecular complexity index is 717. The van der Waals surface area contributed by atoms with Crippen LogP contribution in [0.15, 0.2) is 0 Å². The fourth-order valence-corrected chi connectivity index (χ4v) is 3.36. The molecule has 0 bridgehead atoms. The summed E-state index contributed by atoms with van der Waals surface area (Å²) in [5, 5.41) is 12.0. The van der Waals surface area contributed by atoms with Crippen LogP contribution in [0.2, 0.25) is 0 Å². The molecule has 6 nitrogen and oxygen atoms in total. The molecule has 2 aliphatic heterocycles. The molecule has 0 spiro atoms. The molecule has 20 heavy (non-hydrogen) atoms. The first-order valence-corrected chi connectivity index (χ1v) is 7.20. The first kappa shape index (κ1) is 12.0. The third-order valence-corrected chi connectivity index (χ3v) is 4.53. The maximum absolute atomic E-state index is 11.5. The zero-order valence-corrected chi connectivity index (χ0v) is 12.1. The SMILES string of the molecule is Cc1[nH]nc2c1CCn1nc3c(c1-2)CN(C(=O)S)CC3. The lowest BCUT2D eigenvalue weighted by molar-refractivity contribution is 0.218. The molecule has 0 saturated carbocycles. The lowest BCUT2D eigenvalue weighted by Crippen LogP contribution is -2.32. The summed E-state index contributed by atoms with van der Waals surface area (Å²) in [5.41, 5.74) is 6.69. The summed E-state index contributed by atoms with van der Waals surface area (Å²) >= 11 is 3.94. The summed E-state index contributed by atoms with van der Waals surface area (Å²) in [6.45, 7) is 4.20. The number of rotatable bonds is 0. The molecular weight excluding hydrogens is 274 g/mol. The van der Waals surface area contributed by atoms with Crippen molar-refractivity contribution < 1.29 is 4.79 Å². The van der Waals surface area contributed by atoms with Crippen LogP contribution in [0.25, 0.3) is 11.4 Å². The van der Waals surface area contributed by atoms with Crippen LogP contribution < -0.4 is 0 Å². The van der Waals surface area contributed by atoms with Gasteiger partial charge in [-0.2, -0.15) is 10.2 Å². The smallest absolute Gasteiger partial charge is 0.278 e. The van der Waals surface area contributed by atoms with Gasteiger partial charge in [0.25, 0.3) is 5.24 Å². The monoisotopic (exact) mass is 289 g/mol. The highest BCUT2D eigenvalue weighted by Gasteiger charge is 2.31. The van der Waals surface area contributed by atoms with E-state index in [0.717, 1.165) is 47.7 Å². The van der Waals surface area contributed by atoms with Gasteiger partial charge in [-0.3, -0.25) is 14.6 Å². The maximum atomic E-state index is 11.5. The minimum absolute atomic E-state index is 0.176. The highest BCUT2D eigenvalue weighted by molar-refractivity contribution is 7.96. The van der Waals surface area contributed by atoms with E-state index in [1.54, 1.807) is 4.90 Å². The normalized spacial score (nSPS) is 16.6. The average Bonchev–Trinajstić information content (AvgIpc) is 2.98. The molecular formula is C13H15N5OS. The summed E-state index contributed by atoms with van der Waals surface area (Å²) in [6.07, 6.45) is 1.75. The van der Waals surface area contributed by atoms with Crippen molar-refractivity contribution in [3.05, 3.63) is 22.5 Å². The van der Waals surface area contributed by atoms with E-state index in [0.29, 0.717) is 13.1 Å². The Hall–Kier alpha value is -1.76. The second-order valence-electron chi connectivity index (χ2n) is 5.38. The lowest BCUT2D eigenvalue weighted by Gasteiger charge is -2.25. The summed E-state index contributed by atoms with van der Waals surface area (Å²) in [6, 6.07) is 0. The van der Waals surface area contributed by atoms with Gasteiger partial charge in [0.2, 0.25) is 0 Å². The van der Waals surface area contributed by atoms with Crippen LogP contribution in [0.4, 0.5) is 4.79 Å². The number of hydrogen-bond donors (Lipinski definition) is 2. The lowest BCUT2D eigenvalue weighted by atomic mass is 9.98. The van der Waals surface area contributed by atoms with Crippen molar-refractivity contribution in [1.29, 1.82) is 0 Å². The number of nitrogens with one attached hydrogen (secondary N) is 1. The average molecular weight is 289 g/mol. The van der Waals surface area contributed by atoms with Crippen LogP contribution in [-0.4, -0.2) is 36.7 Å². The molecule has 4 rings (SSSR count). The molecule has 1 N–H and O–H groups in total. The van der Waals surface area contributed by atoms with Gasteiger partial charge < -0.3 is 4.90 Å². The largest absolute Gasteiger partial charge is 0.329 e. The van der Waals surface area contributed by atoms with Gasteiger partial charge in [0.15, 0.2) is 0 Å². The fourth-order valence-electron chi connectivity index (χ4n) is 3.19. The number of hydrogen-bond acceptors (Lipinski definition) is 3. The minimum atomic E-state index is -0.176. The minimum Gasteiger partial charge on any atom is -0.329 e. The van der Waals surface area contributed by atoms with Gasteiger partial charge in [-0.05, 0) is 13.3 Å². The van der Waals surface area contributed by atoms with Crippen molar-refractivity contribution in [1.82, 2.24) is 24.9 Å². The molecule has 2 aromatic heterocycles. The van der Waals surface area contributed by atoms with E-state index in [1.165, 1.54) is 5.56 Å². The molecule has 0 radical (unpaired) electrons. The Morgan fingerprint density at radius 3 is 2.95 bits per heavy atom. The maximum Gasteiger partial charge on any atom is 0.278 e. The molecule has 2 aliphatic rings. The number of aromatic amines is 1. The quantitative estimate of drug-likeness (QED) is 0.723. The van der Waals surface area contributed by atoms with E-state index in [4.69, 9.17) is 5.10 Å². The van der Waals surface area contributed by atoms with E-state index in [9.17, 15) is 4.79 Å². The number of aromatic nitrogens is 4. The van der Waals surface area contributed by atoms with Crippen molar-refractivity contribution in [2.45, 2.75) is 32.9 Å². The van der Waals surface area contributed by atoms with Crippen molar-refractivity contribution >= 4 is 17.9 Å². The predicted octanol–water partition coefficient (Wildman–Crippen LogP) is 1.55. The Morgan fingerprint density at radius 2 is 2.15 bits per heavy atom. The van der Waals surface area contributed by atoms with Crippen LogP contribution >= 0.6 is 12.6 Å². The second-order valence-corrected chi connectivity index (χ2v) is 5.76. The number of H-pyrrole nitrogens is 1. The molecule has 0 atom stereocenters. The van der Waals surface area contributed by atoms with Crippen LogP contribution in [0.1, 0.15) is 22.5 Å². The Balaban J connectivity index is 1.87. The zero-order chi connectivity index (χ0) is 13.9. The Labute approximate surface area is 121 Å². The van der Waals surface area contributed by atoms with E-state index in [-0.39, 0.29) is 5.24 Å². The van der Waals surface area contributed by atoms with E-state index in [2.05, 4.69) is 22.8 Å². The molecule has 0 saturated heterocycles.